The van der Waals surface area contributed by atoms with E-state index >= 15 is 0 Å². The Morgan fingerprint density at radius 1 is 1.64 bits per heavy atom. The fourth-order valence-electron chi connectivity index (χ4n) is 1.26. The van der Waals surface area contributed by atoms with E-state index in [4.69, 9.17) is 5.84 Å². The quantitative estimate of drug-likeness (QED) is 0.479. The number of hydrogen-bond donors (Lipinski definition) is 2. The Labute approximate surface area is 92.5 Å². The summed E-state index contributed by atoms with van der Waals surface area (Å²) in [6.07, 6.45) is 7.17. The topological polar surface area (TPSA) is 50.9 Å². The van der Waals surface area contributed by atoms with Crippen LogP contribution in [-0.4, -0.2) is 11.0 Å². The number of pyridine rings is 1. The van der Waals surface area contributed by atoms with E-state index in [0.717, 1.165) is 22.9 Å². The van der Waals surface area contributed by atoms with E-state index in [0.29, 0.717) is 0 Å². The number of nitrogens with one attached hydrogen (secondary N) is 1. The first-order valence-corrected chi connectivity index (χ1v) is 5.22. The third kappa shape index (κ3) is 3.57. The third-order valence-corrected chi connectivity index (χ3v) is 2.36. The summed E-state index contributed by atoms with van der Waals surface area (Å²) in [5.74, 6) is 5.41. The number of hydrogen-bond acceptors (Lipinski definition) is 3. The highest BCUT2D eigenvalue weighted by Gasteiger charge is 2.05. The predicted octanol–water partition coefficient (Wildman–Crippen LogP) is 1.79. The summed E-state index contributed by atoms with van der Waals surface area (Å²) in [5.41, 5.74) is 3.91. The Kier molecular flexibility index (Phi) is 4.79. The summed E-state index contributed by atoms with van der Waals surface area (Å²) in [6.45, 7) is 3.69. The standard InChI is InChI=1S/C10H14BrN3/c1-2-3-10(14-12)5-8-4-9(11)7-13-6-8/h2,4,6-7,10,14H,1,3,5,12H2. The van der Waals surface area contributed by atoms with Crippen molar-refractivity contribution in [2.45, 2.75) is 18.9 Å². The van der Waals surface area contributed by atoms with Crippen molar-refractivity contribution in [1.29, 1.82) is 0 Å². The lowest BCUT2D eigenvalue weighted by atomic mass is 10.1. The maximum Gasteiger partial charge on any atom is 0.0410 e. The Balaban J connectivity index is 2.61. The van der Waals surface area contributed by atoms with Crippen LogP contribution in [0.25, 0.3) is 0 Å². The van der Waals surface area contributed by atoms with Gasteiger partial charge >= 0.3 is 0 Å². The van der Waals surface area contributed by atoms with E-state index < -0.39 is 0 Å². The Morgan fingerprint density at radius 3 is 3.00 bits per heavy atom. The van der Waals surface area contributed by atoms with E-state index in [-0.39, 0.29) is 6.04 Å². The molecule has 14 heavy (non-hydrogen) atoms. The maximum absolute atomic E-state index is 5.41. The number of hydrazine groups is 1. The van der Waals surface area contributed by atoms with E-state index in [1.165, 1.54) is 0 Å². The highest BCUT2D eigenvalue weighted by Crippen LogP contribution is 2.11. The van der Waals surface area contributed by atoms with E-state index in [1.54, 1.807) is 6.20 Å². The summed E-state index contributed by atoms with van der Waals surface area (Å²) in [4.78, 5) is 4.09. The van der Waals surface area contributed by atoms with Crippen LogP contribution in [0, 0.1) is 0 Å². The molecular weight excluding hydrogens is 242 g/mol. The van der Waals surface area contributed by atoms with Crippen LogP contribution in [0.1, 0.15) is 12.0 Å². The minimum absolute atomic E-state index is 0.226. The van der Waals surface area contributed by atoms with Crippen molar-refractivity contribution in [2.75, 3.05) is 0 Å². The molecule has 0 saturated heterocycles. The molecule has 1 atom stereocenters. The van der Waals surface area contributed by atoms with Gasteiger partial charge in [0.1, 0.15) is 0 Å². The van der Waals surface area contributed by atoms with Gasteiger partial charge in [0.05, 0.1) is 0 Å². The molecule has 1 rings (SSSR count). The zero-order valence-electron chi connectivity index (χ0n) is 7.91. The van der Waals surface area contributed by atoms with Crippen LogP contribution in [0.4, 0.5) is 0 Å². The molecule has 0 aliphatic rings. The van der Waals surface area contributed by atoms with Gasteiger partial charge in [-0.05, 0) is 40.4 Å². The van der Waals surface area contributed by atoms with Gasteiger partial charge in [0.15, 0.2) is 0 Å². The molecule has 0 aliphatic heterocycles. The van der Waals surface area contributed by atoms with E-state index in [9.17, 15) is 0 Å². The highest BCUT2D eigenvalue weighted by atomic mass is 79.9. The molecule has 0 bridgehead atoms. The molecule has 0 amide bonds. The van der Waals surface area contributed by atoms with Crippen molar-refractivity contribution in [3.8, 4) is 0 Å². The fraction of sp³-hybridized carbons (Fsp3) is 0.300. The maximum atomic E-state index is 5.41. The molecule has 0 aromatic carbocycles. The van der Waals surface area contributed by atoms with Crippen molar-refractivity contribution >= 4 is 15.9 Å². The number of nitrogens with two attached hydrogens (primary N) is 1. The van der Waals surface area contributed by atoms with Gasteiger partial charge < -0.3 is 0 Å². The normalized spacial score (nSPS) is 12.4. The molecule has 0 saturated carbocycles. The minimum atomic E-state index is 0.226. The second-order valence-electron chi connectivity index (χ2n) is 3.10. The van der Waals surface area contributed by atoms with E-state index in [1.807, 2.05) is 18.3 Å². The van der Waals surface area contributed by atoms with Gasteiger partial charge in [-0.3, -0.25) is 16.3 Å². The lowest BCUT2D eigenvalue weighted by molar-refractivity contribution is 0.530. The molecule has 4 heteroatoms. The molecule has 3 N–H and O–H groups in total. The smallest absolute Gasteiger partial charge is 0.0410 e. The fourth-order valence-corrected chi connectivity index (χ4v) is 1.68. The van der Waals surface area contributed by atoms with Crippen molar-refractivity contribution in [1.82, 2.24) is 10.4 Å². The average molecular weight is 256 g/mol. The van der Waals surface area contributed by atoms with Gasteiger partial charge in [-0.15, -0.1) is 6.58 Å². The molecule has 0 fully saturated rings. The Morgan fingerprint density at radius 2 is 2.43 bits per heavy atom. The van der Waals surface area contributed by atoms with Crippen molar-refractivity contribution in [3.05, 3.63) is 41.2 Å². The van der Waals surface area contributed by atoms with Gasteiger partial charge in [0.25, 0.3) is 0 Å². The molecule has 1 unspecified atom stereocenters. The number of nitrogens with zero attached hydrogens (tertiary/aromatic N) is 1. The van der Waals surface area contributed by atoms with Crippen LogP contribution in [0.15, 0.2) is 35.6 Å². The molecule has 0 aliphatic carbocycles. The number of aromatic nitrogens is 1. The van der Waals surface area contributed by atoms with Gasteiger partial charge in [-0.25, -0.2) is 0 Å². The van der Waals surface area contributed by atoms with Crippen LogP contribution < -0.4 is 11.3 Å². The van der Waals surface area contributed by atoms with Gasteiger partial charge in [0.2, 0.25) is 0 Å². The third-order valence-electron chi connectivity index (χ3n) is 1.93. The summed E-state index contributed by atoms with van der Waals surface area (Å²) < 4.78 is 0.990. The minimum Gasteiger partial charge on any atom is -0.271 e. The SMILES string of the molecule is C=CCC(Cc1cncc(Br)c1)NN. The lowest BCUT2D eigenvalue weighted by Crippen LogP contribution is -2.36. The predicted molar refractivity (Wildman–Crippen MR) is 61.6 cm³/mol. The zero-order valence-corrected chi connectivity index (χ0v) is 9.50. The van der Waals surface area contributed by atoms with Gasteiger partial charge in [-0.2, -0.15) is 0 Å². The van der Waals surface area contributed by atoms with Crippen LogP contribution in [0.2, 0.25) is 0 Å². The lowest BCUT2D eigenvalue weighted by Gasteiger charge is -2.13. The Hall–Kier alpha value is -0.710. The van der Waals surface area contributed by atoms with Gasteiger partial charge in [-0.1, -0.05) is 6.08 Å². The molecule has 76 valence electrons. The second-order valence-corrected chi connectivity index (χ2v) is 4.02. The van der Waals surface area contributed by atoms with Crippen molar-refractivity contribution in [3.63, 3.8) is 0 Å². The molecular formula is C10H14BrN3. The van der Waals surface area contributed by atoms with Crippen LogP contribution in [0.5, 0.6) is 0 Å². The Bertz CT molecular complexity index is 301. The molecule has 1 aromatic heterocycles. The summed E-state index contributed by atoms with van der Waals surface area (Å²) in [5, 5.41) is 0. The van der Waals surface area contributed by atoms with E-state index in [2.05, 4.69) is 32.9 Å². The summed E-state index contributed by atoms with van der Waals surface area (Å²) in [6, 6.07) is 2.27. The van der Waals surface area contributed by atoms with Crippen LogP contribution in [0.3, 0.4) is 0 Å². The zero-order chi connectivity index (χ0) is 10.4. The first-order chi connectivity index (χ1) is 6.76. The largest absolute Gasteiger partial charge is 0.271 e. The van der Waals surface area contributed by atoms with Crippen molar-refractivity contribution in [2.24, 2.45) is 5.84 Å². The number of rotatable bonds is 5. The molecule has 3 nitrogen and oxygen atoms in total. The first-order valence-electron chi connectivity index (χ1n) is 4.42. The monoisotopic (exact) mass is 255 g/mol. The molecule has 1 heterocycles. The summed E-state index contributed by atoms with van der Waals surface area (Å²) in [7, 11) is 0. The molecule has 0 radical (unpaired) electrons. The molecule has 0 spiro atoms. The average Bonchev–Trinajstić information content (AvgIpc) is 2.17. The second kappa shape index (κ2) is 5.90. The van der Waals surface area contributed by atoms with Crippen LogP contribution >= 0.6 is 15.9 Å². The summed E-state index contributed by atoms with van der Waals surface area (Å²) >= 11 is 3.38. The van der Waals surface area contributed by atoms with Gasteiger partial charge in [0, 0.05) is 22.9 Å². The highest BCUT2D eigenvalue weighted by molar-refractivity contribution is 9.10. The first kappa shape index (κ1) is 11.4. The van der Waals surface area contributed by atoms with Crippen LogP contribution in [-0.2, 0) is 6.42 Å². The molecule has 1 aromatic rings. The number of halogens is 1. The van der Waals surface area contributed by atoms with Crippen molar-refractivity contribution < 1.29 is 0 Å².